The van der Waals surface area contributed by atoms with Crippen LogP contribution in [0.1, 0.15) is 20.8 Å². The highest BCUT2D eigenvalue weighted by Gasteiger charge is 2.37. The van der Waals surface area contributed by atoms with Gasteiger partial charge >= 0.3 is 0 Å². The second-order valence-electron chi connectivity index (χ2n) is 6.95. The van der Waals surface area contributed by atoms with Crippen LogP contribution in [0, 0.1) is 0 Å². The number of ketones is 1. The van der Waals surface area contributed by atoms with Gasteiger partial charge in [0.05, 0.1) is 6.61 Å². The Kier molecular flexibility index (Phi) is 4.75. The van der Waals surface area contributed by atoms with Crippen molar-refractivity contribution in [3.05, 3.63) is 23.2 Å². The van der Waals surface area contributed by atoms with E-state index in [9.17, 15) is 4.79 Å². The lowest BCUT2D eigenvalue weighted by atomic mass is 10.2. The molecule has 0 aliphatic rings. The van der Waals surface area contributed by atoms with Gasteiger partial charge in [-0.15, -0.1) is 0 Å². The molecule has 1 aromatic heterocycles. The van der Waals surface area contributed by atoms with Crippen molar-refractivity contribution in [2.45, 2.75) is 45.4 Å². The van der Waals surface area contributed by atoms with E-state index >= 15 is 0 Å². The van der Waals surface area contributed by atoms with Gasteiger partial charge in [-0.2, -0.15) is 15.0 Å². The normalized spacial score (nSPS) is 12.8. The lowest BCUT2D eigenvalue weighted by molar-refractivity contribution is -0.122. The van der Waals surface area contributed by atoms with Crippen LogP contribution < -0.4 is 0 Å². The van der Waals surface area contributed by atoms with Crippen molar-refractivity contribution in [1.29, 1.82) is 0 Å². The maximum absolute atomic E-state index is 12.1. The SMILES string of the molecule is CC(C)(C)[Si](C)(C)OCC(=O)Cn1nc2ccc(Cl)cc2n1. The first-order chi connectivity index (χ1) is 10.1. The Morgan fingerprint density at radius 3 is 2.55 bits per heavy atom. The predicted molar refractivity (Wildman–Crippen MR) is 90.7 cm³/mol. The number of halogens is 1. The molecular weight excluding hydrogens is 318 g/mol. The molecular formula is C15H22ClN3O2Si. The topological polar surface area (TPSA) is 57.0 Å². The highest BCUT2D eigenvalue weighted by molar-refractivity contribution is 6.74. The van der Waals surface area contributed by atoms with Gasteiger partial charge in [-0.25, -0.2) is 0 Å². The highest BCUT2D eigenvalue weighted by atomic mass is 35.5. The van der Waals surface area contributed by atoms with Crippen LogP contribution in [-0.2, 0) is 15.8 Å². The van der Waals surface area contributed by atoms with E-state index in [2.05, 4.69) is 44.1 Å². The molecule has 1 aromatic carbocycles. The number of hydrogen-bond donors (Lipinski definition) is 0. The Bertz CT molecular complexity index is 692. The summed E-state index contributed by atoms with van der Waals surface area (Å²) in [6.07, 6.45) is 0. The number of fused-ring (bicyclic) bond motifs is 1. The summed E-state index contributed by atoms with van der Waals surface area (Å²) in [4.78, 5) is 13.5. The van der Waals surface area contributed by atoms with Gasteiger partial charge in [0.1, 0.15) is 17.6 Å². The zero-order valence-corrected chi connectivity index (χ0v) is 15.4. The van der Waals surface area contributed by atoms with Gasteiger partial charge in [-0.3, -0.25) is 4.79 Å². The van der Waals surface area contributed by atoms with E-state index in [1.807, 2.05) is 0 Å². The van der Waals surface area contributed by atoms with Crippen molar-refractivity contribution < 1.29 is 9.22 Å². The first-order valence-electron chi connectivity index (χ1n) is 7.24. The molecule has 0 unspecified atom stereocenters. The third-order valence-electron chi connectivity index (χ3n) is 4.10. The molecule has 2 rings (SSSR count). The van der Waals surface area contributed by atoms with Crippen molar-refractivity contribution in [2.75, 3.05) is 6.61 Å². The van der Waals surface area contributed by atoms with Crippen molar-refractivity contribution >= 4 is 36.7 Å². The van der Waals surface area contributed by atoms with Gasteiger partial charge in [0.25, 0.3) is 0 Å². The Labute approximate surface area is 136 Å². The molecule has 0 amide bonds. The standard InChI is InChI=1S/C15H22ClN3O2Si/c1-15(2,3)22(4,5)21-10-12(20)9-19-17-13-7-6-11(16)8-14(13)18-19/h6-8H,9-10H2,1-5H3. The third-order valence-corrected chi connectivity index (χ3v) is 8.82. The maximum Gasteiger partial charge on any atom is 0.192 e. The largest absolute Gasteiger partial charge is 0.409 e. The van der Waals surface area contributed by atoms with Crippen LogP contribution in [-0.4, -0.2) is 35.7 Å². The highest BCUT2D eigenvalue weighted by Crippen LogP contribution is 2.36. The molecule has 0 N–H and O–H groups in total. The van der Waals surface area contributed by atoms with Gasteiger partial charge in [0.2, 0.25) is 0 Å². The molecule has 0 spiro atoms. The van der Waals surface area contributed by atoms with Gasteiger partial charge < -0.3 is 4.43 Å². The van der Waals surface area contributed by atoms with Gasteiger partial charge in [0.15, 0.2) is 14.1 Å². The number of hydrogen-bond acceptors (Lipinski definition) is 4. The predicted octanol–water partition coefficient (Wildman–Crippen LogP) is 3.68. The fraction of sp³-hybridized carbons (Fsp3) is 0.533. The van der Waals surface area contributed by atoms with Crippen LogP contribution in [0.15, 0.2) is 18.2 Å². The number of carbonyl (C=O) groups excluding carboxylic acids is 1. The Morgan fingerprint density at radius 1 is 1.27 bits per heavy atom. The smallest absolute Gasteiger partial charge is 0.192 e. The number of Topliss-reactive ketones (excluding diaryl/α,β-unsaturated/α-hetero) is 1. The molecule has 0 saturated carbocycles. The second kappa shape index (κ2) is 6.10. The molecule has 7 heteroatoms. The molecule has 0 radical (unpaired) electrons. The maximum atomic E-state index is 12.1. The van der Waals surface area contributed by atoms with E-state index in [0.717, 1.165) is 5.52 Å². The molecule has 0 atom stereocenters. The van der Waals surface area contributed by atoms with Crippen LogP contribution in [0.3, 0.4) is 0 Å². The minimum Gasteiger partial charge on any atom is -0.409 e. The lowest BCUT2D eigenvalue weighted by Gasteiger charge is -2.35. The van der Waals surface area contributed by atoms with E-state index in [4.69, 9.17) is 16.0 Å². The van der Waals surface area contributed by atoms with E-state index in [1.165, 1.54) is 4.80 Å². The fourth-order valence-electron chi connectivity index (χ4n) is 1.68. The second-order valence-corrected chi connectivity index (χ2v) is 12.2. The first kappa shape index (κ1) is 17.1. The number of benzene rings is 1. The Morgan fingerprint density at radius 2 is 1.91 bits per heavy atom. The molecule has 0 aliphatic heterocycles. The number of aromatic nitrogens is 3. The molecule has 0 bridgehead atoms. The number of nitrogens with zero attached hydrogens (tertiary/aromatic N) is 3. The Hall–Kier alpha value is -1.24. The van der Waals surface area contributed by atoms with Gasteiger partial charge in [0, 0.05) is 5.02 Å². The summed E-state index contributed by atoms with van der Waals surface area (Å²) in [6, 6.07) is 5.28. The third kappa shape index (κ3) is 3.94. The summed E-state index contributed by atoms with van der Waals surface area (Å²) in [5, 5.41) is 9.22. The molecule has 0 aliphatic carbocycles. The summed E-state index contributed by atoms with van der Waals surface area (Å²) in [6.45, 7) is 10.9. The lowest BCUT2D eigenvalue weighted by Crippen LogP contribution is -2.42. The van der Waals surface area contributed by atoms with Crippen molar-refractivity contribution in [3.63, 3.8) is 0 Å². The molecule has 5 nitrogen and oxygen atoms in total. The zero-order chi connectivity index (χ0) is 16.5. The molecule has 0 saturated heterocycles. The number of carbonyl (C=O) groups is 1. The average Bonchev–Trinajstić information content (AvgIpc) is 2.76. The molecule has 120 valence electrons. The van der Waals surface area contributed by atoms with Crippen LogP contribution in [0.5, 0.6) is 0 Å². The van der Waals surface area contributed by atoms with E-state index in [0.29, 0.717) is 10.5 Å². The average molecular weight is 340 g/mol. The van der Waals surface area contributed by atoms with Crippen LogP contribution in [0.4, 0.5) is 0 Å². The first-order valence-corrected chi connectivity index (χ1v) is 10.5. The summed E-state index contributed by atoms with van der Waals surface area (Å²) in [5.41, 5.74) is 1.41. The minimum absolute atomic E-state index is 0.0313. The molecule has 0 fully saturated rings. The Balaban J connectivity index is 1.99. The molecule has 1 heterocycles. The van der Waals surface area contributed by atoms with Crippen LogP contribution in [0.2, 0.25) is 23.2 Å². The van der Waals surface area contributed by atoms with Gasteiger partial charge in [-0.1, -0.05) is 32.4 Å². The van der Waals surface area contributed by atoms with E-state index < -0.39 is 8.32 Å². The van der Waals surface area contributed by atoms with Crippen molar-refractivity contribution in [3.8, 4) is 0 Å². The molecule has 2 aromatic rings. The van der Waals surface area contributed by atoms with Crippen LogP contribution in [0.25, 0.3) is 11.0 Å². The quantitative estimate of drug-likeness (QED) is 0.780. The van der Waals surface area contributed by atoms with Crippen LogP contribution >= 0.6 is 11.6 Å². The summed E-state index contributed by atoms with van der Waals surface area (Å²) in [7, 11) is -1.91. The fourth-order valence-corrected chi connectivity index (χ4v) is 2.81. The van der Waals surface area contributed by atoms with Gasteiger partial charge in [-0.05, 0) is 36.3 Å². The molecule has 22 heavy (non-hydrogen) atoms. The minimum atomic E-state index is -1.91. The van der Waals surface area contributed by atoms with E-state index in [-0.39, 0.29) is 24.0 Å². The number of rotatable bonds is 5. The van der Waals surface area contributed by atoms with Crippen molar-refractivity contribution in [2.24, 2.45) is 0 Å². The summed E-state index contributed by atoms with van der Waals surface area (Å²) in [5.74, 6) is -0.0313. The van der Waals surface area contributed by atoms with E-state index in [1.54, 1.807) is 18.2 Å². The zero-order valence-electron chi connectivity index (χ0n) is 13.7. The summed E-state index contributed by atoms with van der Waals surface area (Å²) >= 11 is 5.92. The monoisotopic (exact) mass is 339 g/mol. The van der Waals surface area contributed by atoms with Crippen molar-refractivity contribution in [1.82, 2.24) is 15.0 Å². The summed E-state index contributed by atoms with van der Waals surface area (Å²) < 4.78 is 5.92.